The van der Waals surface area contributed by atoms with Gasteiger partial charge in [0.2, 0.25) is 0 Å². The van der Waals surface area contributed by atoms with Gasteiger partial charge in [-0.1, -0.05) is 124 Å². The van der Waals surface area contributed by atoms with E-state index in [9.17, 15) is 19.8 Å². The summed E-state index contributed by atoms with van der Waals surface area (Å²) in [5.41, 5.74) is -0.835. The van der Waals surface area contributed by atoms with Gasteiger partial charge in [-0.2, -0.15) is 0 Å². The van der Waals surface area contributed by atoms with Crippen LogP contribution >= 0.6 is 0 Å². The van der Waals surface area contributed by atoms with Crippen LogP contribution in [0.15, 0.2) is 0 Å². The average molecular weight is 467 g/mol. The molecule has 2 N–H and O–H groups in total. The first kappa shape index (κ1) is 30.0. The first-order chi connectivity index (χ1) is 15.8. The Morgan fingerprint density at radius 2 is 1.36 bits per heavy atom. The van der Waals surface area contributed by atoms with Crippen molar-refractivity contribution in [1.82, 2.24) is 0 Å². The van der Waals surface area contributed by atoms with Crippen molar-refractivity contribution in [2.45, 2.75) is 149 Å². The molecular formula is C29H54O4. The van der Waals surface area contributed by atoms with Gasteiger partial charge in [0.25, 0.3) is 0 Å². The highest BCUT2D eigenvalue weighted by Gasteiger charge is 2.52. The lowest BCUT2D eigenvalue weighted by molar-refractivity contribution is -0.164. The molecule has 0 amide bonds. The van der Waals surface area contributed by atoms with Crippen LogP contribution in [0.25, 0.3) is 0 Å². The van der Waals surface area contributed by atoms with Gasteiger partial charge in [-0.25, -0.2) is 0 Å². The van der Waals surface area contributed by atoms with E-state index in [0.717, 1.165) is 50.9 Å². The minimum atomic E-state index is -0.835. The van der Waals surface area contributed by atoms with Gasteiger partial charge in [0.15, 0.2) is 0 Å². The summed E-state index contributed by atoms with van der Waals surface area (Å²) in [5.74, 6) is -1.52. The molecule has 0 aromatic rings. The SMILES string of the molecule is CCCCCCCCCCCCC1C(C(=O)O)CCCC1(CCCCCCC(C)C)C(=O)O. The van der Waals surface area contributed by atoms with E-state index in [1.165, 1.54) is 64.2 Å². The molecule has 0 aromatic heterocycles. The standard InChI is InChI=1S/C29H54O4/c1-4-5-6-7-8-9-10-11-12-16-21-26-25(27(30)31)20-18-23-29(26,28(32)33)22-17-14-13-15-19-24(2)3/h24-26H,4-23H2,1-3H3,(H,30,31)(H,32,33). The summed E-state index contributed by atoms with van der Waals surface area (Å²) in [4.78, 5) is 24.6. The summed E-state index contributed by atoms with van der Waals surface area (Å²) in [6.45, 7) is 6.73. The predicted molar refractivity (Wildman–Crippen MR) is 138 cm³/mol. The number of carboxylic acid groups (broad SMARTS) is 2. The second-order valence-electron chi connectivity index (χ2n) is 11.2. The van der Waals surface area contributed by atoms with E-state index in [0.29, 0.717) is 19.3 Å². The third-order valence-corrected chi connectivity index (χ3v) is 8.10. The molecule has 0 bridgehead atoms. The lowest BCUT2D eigenvalue weighted by Gasteiger charge is -2.44. The maximum atomic E-state index is 12.6. The maximum absolute atomic E-state index is 12.6. The molecule has 4 heteroatoms. The molecule has 3 atom stereocenters. The van der Waals surface area contributed by atoms with Crippen molar-refractivity contribution < 1.29 is 19.8 Å². The second kappa shape index (κ2) is 17.4. The highest BCUT2D eigenvalue weighted by Crippen LogP contribution is 2.50. The first-order valence-corrected chi connectivity index (χ1v) is 14.3. The molecule has 1 aliphatic carbocycles. The van der Waals surface area contributed by atoms with Crippen LogP contribution in [0.4, 0.5) is 0 Å². The van der Waals surface area contributed by atoms with E-state index in [1.54, 1.807) is 0 Å². The van der Waals surface area contributed by atoms with E-state index in [-0.39, 0.29) is 5.92 Å². The fourth-order valence-corrected chi connectivity index (χ4v) is 6.06. The van der Waals surface area contributed by atoms with Gasteiger partial charge in [0.05, 0.1) is 11.3 Å². The molecule has 0 saturated heterocycles. The van der Waals surface area contributed by atoms with Gasteiger partial charge in [0, 0.05) is 0 Å². The van der Waals surface area contributed by atoms with Crippen molar-refractivity contribution in [1.29, 1.82) is 0 Å². The Bertz CT molecular complexity index is 530. The zero-order chi connectivity index (χ0) is 24.5. The zero-order valence-corrected chi connectivity index (χ0v) is 22.1. The Morgan fingerprint density at radius 3 is 1.91 bits per heavy atom. The number of hydrogen-bond acceptors (Lipinski definition) is 2. The number of aliphatic carboxylic acids is 2. The number of carboxylic acids is 2. The predicted octanol–water partition coefficient (Wildman–Crippen LogP) is 8.87. The van der Waals surface area contributed by atoms with Gasteiger partial charge >= 0.3 is 11.9 Å². The fourth-order valence-electron chi connectivity index (χ4n) is 6.06. The van der Waals surface area contributed by atoms with Crippen LogP contribution in [0.3, 0.4) is 0 Å². The number of carbonyl (C=O) groups is 2. The van der Waals surface area contributed by atoms with Gasteiger partial charge < -0.3 is 10.2 Å². The Labute approximate surface area is 204 Å². The maximum Gasteiger partial charge on any atom is 0.309 e. The van der Waals surface area contributed by atoms with Gasteiger partial charge in [-0.05, 0) is 37.5 Å². The monoisotopic (exact) mass is 466 g/mol. The molecule has 0 radical (unpaired) electrons. The first-order valence-electron chi connectivity index (χ1n) is 14.3. The van der Waals surface area contributed by atoms with E-state index >= 15 is 0 Å². The van der Waals surface area contributed by atoms with Crippen molar-refractivity contribution >= 4 is 11.9 Å². The lowest BCUT2D eigenvalue weighted by atomic mass is 9.58. The van der Waals surface area contributed by atoms with Crippen LogP contribution in [0, 0.1) is 23.2 Å². The smallest absolute Gasteiger partial charge is 0.309 e. The highest BCUT2D eigenvalue weighted by atomic mass is 16.4. The molecule has 1 aliphatic rings. The van der Waals surface area contributed by atoms with Crippen LogP contribution < -0.4 is 0 Å². The van der Waals surface area contributed by atoms with Crippen molar-refractivity contribution in [2.24, 2.45) is 23.2 Å². The molecule has 0 spiro atoms. The Balaban J connectivity index is 2.55. The normalized spacial score (nSPS) is 23.2. The van der Waals surface area contributed by atoms with E-state index in [1.807, 2.05) is 0 Å². The Hall–Kier alpha value is -1.06. The summed E-state index contributed by atoms with van der Waals surface area (Å²) in [6, 6.07) is 0. The minimum absolute atomic E-state index is 0.217. The van der Waals surface area contributed by atoms with Crippen LogP contribution in [-0.4, -0.2) is 22.2 Å². The highest BCUT2D eigenvalue weighted by molar-refractivity contribution is 5.78. The molecule has 4 nitrogen and oxygen atoms in total. The number of rotatable bonds is 20. The summed E-state index contributed by atoms with van der Waals surface area (Å²) in [5, 5.41) is 20.2. The summed E-state index contributed by atoms with van der Waals surface area (Å²) >= 11 is 0. The summed E-state index contributed by atoms with van der Waals surface area (Å²) in [6.07, 6.45) is 21.4. The largest absolute Gasteiger partial charge is 0.481 e. The molecular weight excluding hydrogens is 412 g/mol. The second-order valence-corrected chi connectivity index (χ2v) is 11.2. The van der Waals surface area contributed by atoms with Gasteiger partial charge in [-0.15, -0.1) is 0 Å². The van der Waals surface area contributed by atoms with Gasteiger partial charge in [-0.3, -0.25) is 9.59 Å². The van der Waals surface area contributed by atoms with Crippen LogP contribution in [0.1, 0.15) is 149 Å². The van der Waals surface area contributed by atoms with Crippen LogP contribution in [0.2, 0.25) is 0 Å². The van der Waals surface area contributed by atoms with Crippen molar-refractivity contribution in [2.75, 3.05) is 0 Å². The third kappa shape index (κ3) is 11.3. The Morgan fingerprint density at radius 1 is 0.818 bits per heavy atom. The van der Waals surface area contributed by atoms with E-state index in [4.69, 9.17) is 0 Å². The molecule has 0 aliphatic heterocycles. The molecule has 0 heterocycles. The topological polar surface area (TPSA) is 74.6 Å². The zero-order valence-electron chi connectivity index (χ0n) is 22.1. The Kier molecular flexibility index (Phi) is 15.8. The van der Waals surface area contributed by atoms with E-state index < -0.39 is 23.3 Å². The molecule has 3 unspecified atom stereocenters. The minimum Gasteiger partial charge on any atom is -0.481 e. The van der Waals surface area contributed by atoms with Crippen LogP contribution in [-0.2, 0) is 9.59 Å². The fraction of sp³-hybridized carbons (Fsp3) is 0.931. The van der Waals surface area contributed by atoms with Crippen molar-refractivity contribution in [3.8, 4) is 0 Å². The van der Waals surface area contributed by atoms with E-state index in [2.05, 4.69) is 20.8 Å². The van der Waals surface area contributed by atoms with Crippen molar-refractivity contribution in [3.05, 3.63) is 0 Å². The molecule has 33 heavy (non-hydrogen) atoms. The molecule has 194 valence electrons. The number of hydrogen-bond donors (Lipinski definition) is 2. The molecule has 0 aromatic carbocycles. The lowest BCUT2D eigenvalue weighted by Crippen LogP contribution is -2.47. The average Bonchev–Trinajstić information content (AvgIpc) is 2.77. The molecule has 1 rings (SSSR count). The quantitative estimate of drug-likeness (QED) is 0.176. The summed E-state index contributed by atoms with van der Waals surface area (Å²) < 4.78 is 0. The van der Waals surface area contributed by atoms with Crippen molar-refractivity contribution in [3.63, 3.8) is 0 Å². The van der Waals surface area contributed by atoms with Crippen LogP contribution in [0.5, 0.6) is 0 Å². The third-order valence-electron chi connectivity index (χ3n) is 8.10. The number of unbranched alkanes of at least 4 members (excludes halogenated alkanes) is 12. The van der Waals surface area contributed by atoms with Gasteiger partial charge in [0.1, 0.15) is 0 Å². The molecule has 1 fully saturated rings. The molecule has 1 saturated carbocycles. The summed E-state index contributed by atoms with van der Waals surface area (Å²) in [7, 11) is 0.